The molecule has 1 aromatic carbocycles. The number of nitrogens with one attached hydrogen (secondary N) is 1. The van der Waals surface area contributed by atoms with Gasteiger partial charge in [0.05, 0.1) is 12.3 Å². The lowest BCUT2D eigenvalue weighted by Crippen LogP contribution is -2.47. The zero-order valence-electron chi connectivity index (χ0n) is 18.6. The van der Waals surface area contributed by atoms with Crippen molar-refractivity contribution in [1.82, 2.24) is 14.9 Å². The molecule has 3 heterocycles. The van der Waals surface area contributed by atoms with E-state index in [9.17, 15) is 4.79 Å². The second-order valence-corrected chi connectivity index (χ2v) is 8.63. The third-order valence-corrected chi connectivity index (χ3v) is 5.86. The molecule has 2 aliphatic rings. The van der Waals surface area contributed by atoms with E-state index >= 15 is 0 Å². The van der Waals surface area contributed by atoms with Crippen LogP contribution in [0.25, 0.3) is 0 Å². The third-order valence-electron chi connectivity index (χ3n) is 5.86. The Labute approximate surface area is 183 Å². The highest BCUT2D eigenvalue weighted by Gasteiger charge is 2.22. The van der Waals surface area contributed by atoms with E-state index in [1.807, 2.05) is 6.07 Å². The summed E-state index contributed by atoms with van der Waals surface area (Å²) in [6.45, 7) is 9.25. The summed E-state index contributed by atoms with van der Waals surface area (Å²) in [5, 5.41) is 0. The first-order valence-corrected chi connectivity index (χ1v) is 11.0. The number of piperazine rings is 1. The largest absolute Gasteiger partial charge is 0.454 e. The molecule has 0 aliphatic carbocycles. The molecule has 1 saturated heterocycles. The van der Waals surface area contributed by atoms with Crippen LogP contribution < -0.4 is 19.9 Å². The van der Waals surface area contributed by atoms with E-state index in [2.05, 4.69) is 40.8 Å². The molecule has 2 aromatic rings. The van der Waals surface area contributed by atoms with Gasteiger partial charge in [-0.2, -0.15) is 0 Å². The Kier molecular flexibility index (Phi) is 6.77. The fourth-order valence-electron chi connectivity index (χ4n) is 4.04. The van der Waals surface area contributed by atoms with Gasteiger partial charge in [0.15, 0.2) is 11.5 Å². The molecule has 0 bridgehead atoms. The summed E-state index contributed by atoms with van der Waals surface area (Å²) in [6, 6.07) is 6.12. The minimum Gasteiger partial charge on any atom is -0.454 e. The summed E-state index contributed by atoms with van der Waals surface area (Å²) < 4.78 is 16.2. The number of ether oxygens (including phenoxy) is 3. The Hall–Kier alpha value is -2.58. The number of rotatable bonds is 8. The van der Waals surface area contributed by atoms with Gasteiger partial charge in [0.25, 0.3) is 5.56 Å². The second-order valence-electron chi connectivity index (χ2n) is 8.63. The second kappa shape index (κ2) is 9.70. The van der Waals surface area contributed by atoms with Gasteiger partial charge in [-0.05, 0) is 36.5 Å². The number of aromatic amines is 1. The first-order chi connectivity index (χ1) is 15.0. The lowest BCUT2D eigenvalue weighted by Gasteiger charge is -2.35. The number of fused-ring (bicyclic) bond motifs is 1. The van der Waals surface area contributed by atoms with Gasteiger partial charge in [-0.1, -0.05) is 19.9 Å². The van der Waals surface area contributed by atoms with E-state index in [1.165, 1.54) is 5.56 Å². The number of hydrogen-bond acceptors (Lipinski definition) is 7. The Morgan fingerprint density at radius 1 is 1.16 bits per heavy atom. The van der Waals surface area contributed by atoms with Gasteiger partial charge in [0.2, 0.25) is 12.7 Å². The van der Waals surface area contributed by atoms with Crippen LogP contribution in [0, 0.1) is 5.92 Å². The van der Waals surface area contributed by atoms with Crippen molar-refractivity contribution in [3.05, 3.63) is 45.4 Å². The van der Waals surface area contributed by atoms with Gasteiger partial charge in [-0.25, -0.2) is 4.98 Å². The van der Waals surface area contributed by atoms with E-state index in [4.69, 9.17) is 19.2 Å². The Morgan fingerprint density at radius 3 is 2.68 bits per heavy atom. The van der Waals surface area contributed by atoms with E-state index in [0.717, 1.165) is 68.3 Å². The Bertz CT molecular complexity index is 951. The average molecular weight is 429 g/mol. The number of anilines is 1. The van der Waals surface area contributed by atoms with Crippen molar-refractivity contribution in [2.24, 2.45) is 5.92 Å². The molecule has 2 aliphatic heterocycles. The highest BCUT2D eigenvalue weighted by Crippen LogP contribution is 2.32. The van der Waals surface area contributed by atoms with Crippen molar-refractivity contribution in [2.45, 2.75) is 39.8 Å². The number of methoxy groups -OCH3 is 1. The molecule has 0 spiro atoms. The van der Waals surface area contributed by atoms with Crippen molar-refractivity contribution in [3.8, 4) is 11.5 Å². The zero-order valence-corrected chi connectivity index (χ0v) is 18.6. The van der Waals surface area contributed by atoms with Crippen LogP contribution in [-0.4, -0.2) is 54.9 Å². The van der Waals surface area contributed by atoms with Crippen LogP contribution in [0.5, 0.6) is 11.5 Å². The SMILES string of the molecule is COCc1nc(N2CCN(Cc3ccc4c(c3)OCO4)CC2)[nH]c(=O)c1CCC(C)C. The number of H-pyrrole nitrogens is 1. The molecule has 8 nitrogen and oxygen atoms in total. The first kappa shape index (κ1) is 21.6. The number of aromatic nitrogens is 2. The fraction of sp³-hybridized carbons (Fsp3) is 0.565. The molecule has 1 N–H and O–H groups in total. The number of hydrogen-bond donors (Lipinski definition) is 1. The van der Waals surface area contributed by atoms with Crippen LogP contribution in [0.15, 0.2) is 23.0 Å². The number of nitrogens with zero attached hydrogens (tertiary/aromatic N) is 3. The minimum atomic E-state index is -0.0412. The Balaban J connectivity index is 1.40. The van der Waals surface area contributed by atoms with Gasteiger partial charge < -0.3 is 19.1 Å². The normalized spacial score (nSPS) is 16.3. The standard InChI is InChI=1S/C23H32N4O4/c1-16(2)4-6-18-19(14-29-3)24-23(25-22(18)28)27-10-8-26(9-11-27)13-17-5-7-20-21(12-17)31-15-30-20/h5,7,12,16H,4,6,8-11,13-15H2,1-3H3,(H,24,25,28). The highest BCUT2D eigenvalue weighted by atomic mass is 16.7. The predicted octanol–water partition coefficient (Wildman–Crippen LogP) is 2.56. The van der Waals surface area contributed by atoms with Crippen molar-refractivity contribution in [2.75, 3.05) is 45.0 Å². The summed E-state index contributed by atoms with van der Waals surface area (Å²) >= 11 is 0. The maximum atomic E-state index is 12.8. The van der Waals surface area contributed by atoms with Crippen LogP contribution in [0.4, 0.5) is 5.95 Å². The van der Waals surface area contributed by atoms with Crippen LogP contribution in [0.1, 0.15) is 37.1 Å². The predicted molar refractivity (Wildman–Crippen MR) is 119 cm³/mol. The van der Waals surface area contributed by atoms with Gasteiger partial charge in [0.1, 0.15) is 0 Å². The first-order valence-electron chi connectivity index (χ1n) is 11.0. The van der Waals surface area contributed by atoms with Gasteiger partial charge >= 0.3 is 0 Å². The molecule has 1 aromatic heterocycles. The lowest BCUT2D eigenvalue weighted by molar-refractivity contribution is 0.174. The average Bonchev–Trinajstić information content (AvgIpc) is 3.21. The fourth-order valence-corrected chi connectivity index (χ4v) is 4.04. The molecular weight excluding hydrogens is 396 g/mol. The van der Waals surface area contributed by atoms with Gasteiger partial charge in [0, 0.05) is 45.4 Å². The van der Waals surface area contributed by atoms with E-state index in [-0.39, 0.29) is 5.56 Å². The summed E-state index contributed by atoms with van der Waals surface area (Å²) in [6.07, 6.45) is 1.68. The topological polar surface area (TPSA) is 79.9 Å². The van der Waals surface area contributed by atoms with Crippen LogP contribution in [0.2, 0.25) is 0 Å². The smallest absolute Gasteiger partial charge is 0.255 e. The van der Waals surface area contributed by atoms with E-state index in [1.54, 1.807) is 7.11 Å². The number of benzene rings is 1. The maximum Gasteiger partial charge on any atom is 0.255 e. The molecule has 0 atom stereocenters. The molecule has 168 valence electrons. The van der Waals surface area contributed by atoms with Crippen LogP contribution in [-0.2, 0) is 24.3 Å². The van der Waals surface area contributed by atoms with Crippen LogP contribution >= 0.6 is 0 Å². The molecular formula is C23H32N4O4. The zero-order chi connectivity index (χ0) is 21.8. The third kappa shape index (κ3) is 5.19. The minimum absolute atomic E-state index is 0.0412. The van der Waals surface area contributed by atoms with E-state index < -0.39 is 0 Å². The molecule has 0 unspecified atom stereocenters. The van der Waals surface area contributed by atoms with Crippen molar-refractivity contribution >= 4 is 5.95 Å². The molecule has 8 heteroatoms. The van der Waals surface area contributed by atoms with Gasteiger partial charge in [-0.15, -0.1) is 0 Å². The van der Waals surface area contributed by atoms with Crippen molar-refractivity contribution in [1.29, 1.82) is 0 Å². The summed E-state index contributed by atoms with van der Waals surface area (Å²) in [7, 11) is 1.64. The summed E-state index contributed by atoms with van der Waals surface area (Å²) in [5.74, 6) is 2.81. The molecule has 0 amide bonds. The summed E-state index contributed by atoms with van der Waals surface area (Å²) in [5.41, 5.74) is 2.67. The molecule has 31 heavy (non-hydrogen) atoms. The van der Waals surface area contributed by atoms with Crippen LogP contribution in [0.3, 0.4) is 0 Å². The van der Waals surface area contributed by atoms with Crippen molar-refractivity contribution in [3.63, 3.8) is 0 Å². The lowest BCUT2D eigenvalue weighted by atomic mass is 10.0. The molecule has 0 radical (unpaired) electrons. The quantitative estimate of drug-likeness (QED) is 0.692. The highest BCUT2D eigenvalue weighted by molar-refractivity contribution is 5.44. The van der Waals surface area contributed by atoms with Crippen molar-refractivity contribution < 1.29 is 14.2 Å². The monoisotopic (exact) mass is 428 g/mol. The van der Waals surface area contributed by atoms with E-state index in [0.29, 0.717) is 25.3 Å². The molecule has 4 rings (SSSR count). The summed E-state index contributed by atoms with van der Waals surface area (Å²) in [4.78, 5) is 25.1. The van der Waals surface area contributed by atoms with Gasteiger partial charge in [-0.3, -0.25) is 14.7 Å². The Morgan fingerprint density at radius 2 is 1.94 bits per heavy atom. The molecule has 1 fully saturated rings. The molecule has 0 saturated carbocycles. The maximum absolute atomic E-state index is 12.8.